The van der Waals surface area contributed by atoms with Crippen LogP contribution in [0, 0.1) is 17.1 Å². The lowest BCUT2D eigenvalue weighted by Crippen LogP contribution is -2.12. The van der Waals surface area contributed by atoms with Crippen LogP contribution in [-0.2, 0) is 0 Å². The normalized spacial score (nSPS) is 11.5. The zero-order valence-electron chi connectivity index (χ0n) is 12.3. The maximum absolute atomic E-state index is 13.6. The number of benzene rings is 2. The molecule has 1 aromatic heterocycles. The van der Waals surface area contributed by atoms with Gasteiger partial charge >= 0.3 is 0 Å². The average molecular weight is 303 g/mol. The summed E-state index contributed by atoms with van der Waals surface area (Å²) >= 11 is 0. The average Bonchev–Trinajstić information content (AvgIpc) is 2.61. The van der Waals surface area contributed by atoms with Crippen LogP contribution < -0.4 is 5.32 Å². The number of hydrogen-bond donors (Lipinski definition) is 1. The highest BCUT2D eigenvalue weighted by molar-refractivity contribution is 5.48. The highest BCUT2D eigenvalue weighted by Crippen LogP contribution is 2.26. The molecule has 1 atom stereocenters. The topological polar surface area (TPSA) is 48.7 Å². The lowest BCUT2D eigenvalue weighted by Gasteiger charge is -2.21. The van der Waals surface area contributed by atoms with Gasteiger partial charge in [0.25, 0.3) is 0 Å². The molecule has 0 aliphatic rings. The molecule has 4 heteroatoms. The molecule has 0 amide bonds. The predicted octanol–water partition coefficient (Wildman–Crippen LogP) is 4.29. The number of nitrogens with one attached hydrogen (secondary N) is 1. The third-order valence-corrected chi connectivity index (χ3v) is 3.50. The number of hydrogen-bond acceptors (Lipinski definition) is 3. The standard InChI is InChI=1S/C19H14FN3/c20-16-8-4-7-15(11-16)19(14-5-2-1-3-6-14)23-18-10-9-17(12-21)22-13-18/h1-11,13,19,23H. The van der Waals surface area contributed by atoms with Gasteiger partial charge in [0.2, 0.25) is 0 Å². The fraction of sp³-hybridized carbons (Fsp3) is 0.0526. The van der Waals surface area contributed by atoms with Crippen LogP contribution in [0.2, 0.25) is 0 Å². The molecule has 0 saturated carbocycles. The van der Waals surface area contributed by atoms with Crippen molar-refractivity contribution in [2.45, 2.75) is 6.04 Å². The highest BCUT2D eigenvalue weighted by Gasteiger charge is 2.14. The first kappa shape index (κ1) is 14.7. The lowest BCUT2D eigenvalue weighted by molar-refractivity contribution is 0.624. The first-order chi connectivity index (χ1) is 11.3. The van der Waals surface area contributed by atoms with E-state index in [0.29, 0.717) is 5.69 Å². The summed E-state index contributed by atoms with van der Waals surface area (Å²) in [4.78, 5) is 4.06. The Balaban J connectivity index is 1.96. The van der Waals surface area contributed by atoms with E-state index in [9.17, 15) is 4.39 Å². The van der Waals surface area contributed by atoms with Crippen molar-refractivity contribution in [1.29, 1.82) is 5.26 Å². The van der Waals surface area contributed by atoms with Crippen LogP contribution >= 0.6 is 0 Å². The minimum Gasteiger partial charge on any atom is -0.373 e. The second kappa shape index (κ2) is 6.71. The van der Waals surface area contributed by atoms with E-state index in [-0.39, 0.29) is 11.9 Å². The van der Waals surface area contributed by atoms with E-state index >= 15 is 0 Å². The third kappa shape index (κ3) is 3.53. The minimum absolute atomic E-state index is 0.207. The molecule has 0 fully saturated rings. The Bertz CT molecular complexity index is 823. The first-order valence-corrected chi connectivity index (χ1v) is 7.19. The molecular weight excluding hydrogens is 289 g/mol. The van der Waals surface area contributed by atoms with Gasteiger partial charge in [0.15, 0.2) is 0 Å². The molecule has 0 spiro atoms. The van der Waals surface area contributed by atoms with Gasteiger partial charge in [-0.25, -0.2) is 9.37 Å². The maximum atomic E-state index is 13.6. The van der Waals surface area contributed by atoms with Crippen LogP contribution in [0.1, 0.15) is 22.9 Å². The van der Waals surface area contributed by atoms with Gasteiger partial charge < -0.3 is 5.32 Å². The SMILES string of the molecule is N#Cc1ccc(NC(c2ccccc2)c2cccc(F)c2)cn1. The summed E-state index contributed by atoms with van der Waals surface area (Å²) in [7, 11) is 0. The Labute approximate surface area is 134 Å². The molecule has 3 nitrogen and oxygen atoms in total. The van der Waals surface area contributed by atoms with E-state index in [1.807, 2.05) is 42.5 Å². The molecule has 0 bridgehead atoms. The summed E-state index contributed by atoms with van der Waals surface area (Å²) in [5, 5.41) is 12.2. The van der Waals surface area contributed by atoms with Crippen LogP contribution in [0.25, 0.3) is 0 Å². The quantitative estimate of drug-likeness (QED) is 0.782. The molecule has 0 aliphatic heterocycles. The molecule has 0 radical (unpaired) electrons. The molecule has 0 aliphatic carbocycles. The number of nitriles is 1. The van der Waals surface area contributed by atoms with Crippen molar-refractivity contribution < 1.29 is 4.39 Å². The van der Waals surface area contributed by atoms with Gasteiger partial charge in [-0.15, -0.1) is 0 Å². The van der Waals surface area contributed by atoms with Crippen molar-refractivity contribution in [1.82, 2.24) is 4.98 Å². The molecule has 3 rings (SSSR count). The maximum Gasteiger partial charge on any atom is 0.140 e. The van der Waals surface area contributed by atoms with E-state index in [4.69, 9.17) is 5.26 Å². The van der Waals surface area contributed by atoms with Crippen molar-refractivity contribution in [2.24, 2.45) is 0 Å². The number of pyridine rings is 1. The number of anilines is 1. The van der Waals surface area contributed by atoms with Crippen LogP contribution in [-0.4, -0.2) is 4.98 Å². The van der Waals surface area contributed by atoms with Gasteiger partial charge in [-0.3, -0.25) is 0 Å². The Kier molecular flexibility index (Phi) is 4.30. The summed E-state index contributed by atoms with van der Waals surface area (Å²) in [6.07, 6.45) is 1.60. The van der Waals surface area contributed by atoms with Gasteiger partial charge in [0, 0.05) is 0 Å². The van der Waals surface area contributed by atoms with Gasteiger partial charge in [-0.2, -0.15) is 5.26 Å². The minimum atomic E-state index is -0.275. The van der Waals surface area contributed by atoms with Crippen molar-refractivity contribution in [3.8, 4) is 6.07 Å². The summed E-state index contributed by atoms with van der Waals surface area (Å²) in [6.45, 7) is 0. The third-order valence-electron chi connectivity index (χ3n) is 3.50. The second-order valence-corrected chi connectivity index (χ2v) is 5.09. The van der Waals surface area contributed by atoms with Crippen molar-refractivity contribution in [3.05, 3.63) is 95.6 Å². The van der Waals surface area contributed by atoms with Gasteiger partial charge in [0.1, 0.15) is 17.6 Å². The fourth-order valence-electron chi connectivity index (χ4n) is 2.40. The van der Waals surface area contributed by atoms with Crippen molar-refractivity contribution >= 4 is 5.69 Å². The number of nitrogens with zero attached hydrogens (tertiary/aromatic N) is 2. The number of aromatic nitrogens is 1. The zero-order chi connectivity index (χ0) is 16.1. The van der Waals surface area contributed by atoms with Gasteiger partial charge in [-0.05, 0) is 35.4 Å². The van der Waals surface area contributed by atoms with Crippen LogP contribution in [0.5, 0.6) is 0 Å². The number of halogens is 1. The predicted molar refractivity (Wildman–Crippen MR) is 87.3 cm³/mol. The fourth-order valence-corrected chi connectivity index (χ4v) is 2.40. The van der Waals surface area contributed by atoms with Crippen molar-refractivity contribution in [3.63, 3.8) is 0 Å². The van der Waals surface area contributed by atoms with E-state index in [1.54, 1.807) is 24.4 Å². The highest BCUT2D eigenvalue weighted by atomic mass is 19.1. The zero-order valence-corrected chi connectivity index (χ0v) is 12.3. The van der Waals surface area contributed by atoms with Crippen LogP contribution in [0.4, 0.5) is 10.1 Å². The molecule has 1 heterocycles. The second-order valence-electron chi connectivity index (χ2n) is 5.09. The molecule has 1 unspecified atom stereocenters. The van der Waals surface area contributed by atoms with E-state index in [2.05, 4.69) is 10.3 Å². The van der Waals surface area contributed by atoms with E-state index in [0.717, 1.165) is 16.8 Å². The van der Waals surface area contributed by atoms with E-state index in [1.165, 1.54) is 12.1 Å². The molecule has 23 heavy (non-hydrogen) atoms. The van der Waals surface area contributed by atoms with Crippen LogP contribution in [0.3, 0.4) is 0 Å². The molecule has 0 saturated heterocycles. The monoisotopic (exact) mass is 303 g/mol. The Hall–Kier alpha value is -3.19. The van der Waals surface area contributed by atoms with Crippen LogP contribution in [0.15, 0.2) is 72.9 Å². The molecular formula is C19H14FN3. The Morgan fingerprint density at radius 1 is 0.957 bits per heavy atom. The molecule has 2 aromatic carbocycles. The summed E-state index contributed by atoms with van der Waals surface area (Å²) in [5.74, 6) is -0.275. The van der Waals surface area contributed by atoms with Gasteiger partial charge in [-0.1, -0.05) is 42.5 Å². The largest absolute Gasteiger partial charge is 0.373 e. The summed E-state index contributed by atoms with van der Waals surface area (Å²) in [5.41, 5.74) is 2.96. The smallest absolute Gasteiger partial charge is 0.140 e. The molecule has 112 valence electrons. The Morgan fingerprint density at radius 2 is 1.74 bits per heavy atom. The summed E-state index contributed by atoms with van der Waals surface area (Å²) in [6, 6.07) is 21.5. The number of rotatable bonds is 4. The van der Waals surface area contributed by atoms with E-state index < -0.39 is 0 Å². The Morgan fingerprint density at radius 3 is 2.39 bits per heavy atom. The lowest BCUT2D eigenvalue weighted by atomic mass is 9.98. The molecule has 1 N–H and O–H groups in total. The summed E-state index contributed by atoms with van der Waals surface area (Å²) < 4.78 is 13.6. The first-order valence-electron chi connectivity index (χ1n) is 7.19. The van der Waals surface area contributed by atoms with Gasteiger partial charge in [0.05, 0.1) is 17.9 Å². The molecule has 3 aromatic rings. The van der Waals surface area contributed by atoms with Crippen molar-refractivity contribution in [2.75, 3.05) is 5.32 Å².